The maximum absolute atomic E-state index is 13.4. The van der Waals surface area contributed by atoms with Crippen molar-refractivity contribution in [3.05, 3.63) is 35.1 Å². The molecule has 14 heavy (non-hydrogen) atoms. The van der Waals surface area contributed by atoms with Crippen LogP contribution in [0.2, 0.25) is 0 Å². The van der Waals surface area contributed by atoms with E-state index in [1.807, 2.05) is 6.07 Å². The Morgan fingerprint density at radius 1 is 1.57 bits per heavy atom. The summed E-state index contributed by atoms with van der Waals surface area (Å²) in [7, 11) is 0. The smallest absolute Gasteiger partial charge is 0.126 e. The van der Waals surface area contributed by atoms with Crippen LogP contribution in [0.15, 0.2) is 18.2 Å². The maximum Gasteiger partial charge on any atom is 0.126 e. The molecule has 1 aromatic carbocycles. The quantitative estimate of drug-likeness (QED) is 0.653. The fourth-order valence-electron chi connectivity index (χ4n) is 2.30. The Hall–Kier alpha value is -0.560. The van der Waals surface area contributed by atoms with Gasteiger partial charge in [-0.15, -0.1) is 11.6 Å². The SMILES string of the molecule is CCC(Cl)C1CCc2c(F)cccc21. The molecular weight excluding hydrogens is 199 g/mol. The molecule has 0 nitrogen and oxygen atoms in total. The number of alkyl halides is 1. The predicted molar refractivity (Wildman–Crippen MR) is 57.4 cm³/mol. The molecule has 2 heteroatoms. The summed E-state index contributed by atoms with van der Waals surface area (Å²) in [5.74, 6) is 0.289. The maximum atomic E-state index is 13.4. The third-order valence-electron chi connectivity index (χ3n) is 3.09. The molecule has 2 rings (SSSR count). The second-order valence-electron chi connectivity index (χ2n) is 3.88. The van der Waals surface area contributed by atoms with Crippen LogP contribution in [0, 0.1) is 5.82 Å². The first-order valence-corrected chi connectivity index (χ1v) is 5.59. The average Bonchev–Trinajstić information content (AvgIpc) is 2.62. The molecule has 0 heterocycles. The van der Waals surface area contributed by atoms with Crippen molar-refractivity contribution < 1.29 is 4.39 Å². The first-order valence-electron chi connectivity index (χ1n) is 5.15. The lowest BCUT2D eigenvalue weighted by molar-refractivity contribution is 0.608. The van der Waals surface area contributed by atoms with E-state index in [0.717, 1.165) is 30.4 Å². The molecule has 0 aliphatic heterocycles. The van der Waals surface area contributed by atoms with Crippen molar-refractivity contribution in [3.8, 4) is 0 Å². The van der Waals surface area contributed by atoms with E-state index < -0.39 is 0 Å². The Morgan fingerprint density at radius 2 is 2.36 bits per heavy atom. The summed E-state index contributed by atoms with van der Waals surface area (Å²) in [6.45, 7) is 2.08. The number of fused-ring (bicyclic) bond motifs is 1. The average molecular weight is 213 g/mol. The first kappa shape index (κ1) is 9.97. The molecule has 0 radical (unpaired) electrons. The van der Waals surface area contributed by atoms with Gasteiger partial charge in [-0.1, -0.05) is 19.1 Å². The van der Waals surface area contributed by atoms with Gasteiger partial charge in [0.1, 0.15) is 5.82 Å². The van der Waals surface area contributed by atoms with Gasteiger partial charge in [-0.2, -0.15) is 0 Å². The lowest BCUT2D eigenvalue weighted by atomic mass is 9.96. The van der Waals surface area contributed by atoms with E-state index >= 15 is 0 Å². The standard InChI is InChI=1S/C12H14ClF/c1-2-11(13)9-6-7-10-8(9)4-3-5-12(10)14/h3-5,9,11H,2,6-7H2,1H3. The number of rotatable bonds is 2. The van der Waals surface area contributed by atoms with Crippen molar-refractivity contribution in [1.29, 1.82) is 0 Å². The minimum absolute atomic E-state index is 0.0648. The zero-order valence-electron chi connectivity index (χ0n) is 8.26. The number of benzene rings is 1. The van der Waals surface area contributed by atoms with Gasteiger partial charge in [0.05, 0.1) is 0 Å². The molecule has 0 amide bonds. The Kier molecular flexibility index (Phi) is 2.78. The van der Waals surface area contributed by atoms with Crippen molar-refractivity contribution in [2.75, 3.05) is 0 Å². The van der Waals surface area contributed by atoms with Crippen LogP contribution in [0.1, 0.15) is 36.8 Å². The molecule has 0 spiro atoms. The van der Waals surface area contributed by atoms with Crippen molar-refractivity contribution >= 4 is 11.6 Å². The van der Waals surface area contributed by atoms with Gasteiger partial charge >= 0.3 is 0 Å². The highest BCUT2D eigenvalue weighted by Crippen LogP contribution is 2.39. The topological polar surface area (TPSA) is 0 Å². The van der Waals surface area contributed by atoms with Crippen LogP contribution in [0.25, 0.3) is 0 Å². The molecule has 1 aliphatic rings. The van der Waals surface area contributed by atoms with E-state index in [1.54, 1.807) is 6.07 Å². The number of hydrogen-bond acceptors (Lipinski definition) is 0. The normalized spacial score (nSPS) is 22.1. The second-order valence-corrected chi connectivity index (χ2v) is 4.44. The minimum atomic E-state index is -0.0648. The van der Waals surface area contributed by atoms with Gasteiger partial charge in [-0.05, 0) is 36.5 Å². The largest absolute Gasteiger partial charge is 0.207 e. The Morgan fingerprint density at radius 3 is 3.07 bits per heavy atom. The highest BCUT2D eigenvalue weighted by molar-refractivity contribution is 6.21. The molecule has 2 atom stereocenters. The predicted octanol–water partition coefficient (Wildman–Crippen LogP) is 3.87. The zero-order valence-corrected chi connectivity index (χ0v) is 9.02. The second kappa shape index (κ2) is 3.90. The van der Waals surface area contributed by atoms with Crippen LogP contribution in [0.4, 0.5) is 4.39 Å². The summed E-state index contributed by atoms with van der Waals surface area (Å²) in [6, 6.07) is 5.34. The summed E-state index contributed by atoms with van der Waals surface area (Å²) in [4.78, 5) is 0. The van der Waals surface area contributed by atoms with Gasteiger partial charge in [0, 0.05) is 11.3 Å². The van der Waals surface area contributed by atoms with Crippen LogP contribution < -0.4 is 0 Å². The van der Waals surface area contributed by atoms with E-state index in [0.29, 0.717) is 5.92 Å². The Labute approximate surface area is 89.1 Å². The van der Waals surface area contributed by atoms with Gasteiger partial charge in [0.15, 0.2) is 0 Å². The van der Waals surface area contributed by atoms with Gasteiger partial charge < -0.3 is 0 Å². The van der Waals surface area contributed by atoms with Crippen molar-refractivity contribution in [2.24, 2.45) is 0 Å². The zero-order chi connectivity index (χ0) is 10.1. The lowest BCUT2D eigenvalue weighted by Gasteiger charge is -2.16. The molecule has 1 aliphatic carbocycles. The van der Waals surface area contributed by atoms with E-state index in [1.165, 1.54) is 6.07 Å². The van der Waals surface area contributed by atoms with E-state index in [4.69, 9.17) is 11.6 Å². The summed E-state index contributed by atoms with van der Waals surface area (Å²) < 4.78 is 13.4. The van der Waals surface area contributed by atoms with Crippen LogP contribution in [-0.2, 0) is 6.42 Å². The highest BCUT2D eigenvalue weighted by atomic mass is 35.5. The van der Waals surface area contributed by atoms with Crippen molar-refractivity contribution in [2.45, 2.75) is 37.5 Å². The third kappa shape index (κ3) is 1.54. The molecule has 0 aromatic heterocycles. The first-order chi connectivity index (χ1) is 6.74. The van der Waals surface area contributed by atoms with Gasteiger partial charge in [-0.3, -0.25) is 0 Å². The number of hydrogen-bond donors (Lipinski definition) is 0. The van der Waals surface area contributed by atoms with Gasteiger partial charge in [0.25, 0.3) is 0 Å². The number of halogens is 2. The Balaban J connectivity index is 2.35. The fraction of sp³-hybridized carbons (Fsp3) is 0.500. The van der Waals surface area contributed by atoms with Crippen molar-refractivity contribution in [3.63, 3.8) is 0 Å². The molecular formula is C12H14ClF. The van der Waals surface area contributed by atoms with E-state index in [2.05, 4.69) is 6.92 Å². The molecule has 76 valence electrons. The van der Waals surface area contributed by atoms with Crippen LogP contribution in [-0.4, -0.2) is 5.38 Å². The highest BCUT2D eigenvalue weighted by Gasteiger charge is 2.29. The molecule has 0 saturated carbocycles. The summed E-state index contributed by atoms with van der Waals surface area (Å²) in [5, 5.41) is 0.151. The molecule has 2 unspecified atom stereocenters. The molecule has 0 bridgehead atoms. The summed E-state index contributed by atoms with van der Waals surface area (Å²) in [5.41, 5.74) is 2.02. The van der Waals surface area contributed by atoms with Crippen LogP contribution >= 0.6 is 11.6 Å². The molecule has 0 fully saturated rings. The molecule has 0 N–H and O–H groups in total. The summed E-state index contributed by atoms with van der Waals surface area (Å²) >= 11 is 6.23. The molecule has 0 saturated heterocycles. The van der Waals surface area contributed by atoms with Gasteiger partial charge in [0.2, 0.25) is 0 Å². The van der Waals surface area contributed by atoms with E-state index in [9.17, 15) is 4.39 Å². The lowest BCUT2D eigenvalue weighted by Crippen LogP contribution is -2.08. The van der Waals surface area contributed by atoms with Crippen LogP contribution in [0.3, 0.4) is 0 Å². The third-order valence-corrected chi connectivity index (χ3v) is 3.70. The van der Waals surface area contributed by atoms with Gasteiger partial charge in [-0.25, -0.2) is 4.39 Å². The minimum Gasteiger partial charge on any atom is -0.207 e. The van der Waals surface area contributed by atoms with Crippen LogP contribution in [0.5, 0.6) is 0 Å². The Bertz CT molecular complexity index is 335. The fourth-order valence-corrected chi connectivity index (χ4v) is 2.56. The van der Waals surface area contributed by atoms with Crippen molar-refractivity contribution in [1.82, 2.24) is 0 Å². The monoisotopic (exact) mass is 212 g/mol. The molecule has 1 aromatic rings. The van der Waals surface area contributed by atoms with E-state index in [-0.39, 0.29) is 11.2 Å². The summed E-state index contributed by atoms with van der Waals surface area (Å²) in [6.07, 6.45) is 2.79.